The van der Waals surface area contributed by atoms with E-state index in [2.05, 4.69) is 40.0 Å². The van der Waals surface area contributed by atoms with Crippen LogP contribution in [0.25, 0.3) is 0 Å². The molecule has 1 atom stereocenters. The molecule has 0 radical (unpaired) electrons. The molecule has 5 heteroatoms. The van der Waals surface area contributed by atoms with Crippen molar-refractivity contribution in [3.05, 3.63) is 64.1 Å². The Morgan fingerprint density at radius 1 is 1.17 bits per heavy atom. The number of ether oxygens (including phenoxy) is 1. The van der Waals surface area contributed by atoms with Crippen molar-refractivity contribution in [1.82, 2.24) is 9.80 Å². The topological polar surface area (TPSA) is 32.8 Å². The number of likely N-dealkylation sites (N-methyl/N-ethyl adjacent to an activating group) is 1. The van der Waals surface area contributed by atoms with Gasteiger partial charge in [-0.05, 0) is 30.8 Å². The van der Waals surface area contributed by atoms with Crippen molar-refractivity contribution in [3.8, 4) is 5.75 Å². The molecule has 1 heterocycles. The highest BCUT2D eigenvalue weighted by atomic mass is 79.9. The number of nitrogens with zero attached hydrogens (tertiary/aromatic N) is 2. The summed E-state index contributed by atoms with van der Waals surface area (Å²) >= 11 is 3.44. The lowest BCUT2D eigenvalue weighted by Crippen LogP contribution is -2.49. The lowest BCUT2D eigenvalue weighted by atomic mass is 10.0. The lowest BCUT2D eigenvalue weighted by molar-refractivity contribution is 0.0543. The molecule has 1 amide bonds. The van der Waals surface area contributed by atoms with Crippen LogP contribution in [-0.4, -0.2) is 49.5 Å². The number of halogens is 1. The number of benzene rings is 2. The van der Waals surface area contributed by atoms with E-state index in [1.165, 1.54) is 5.56 Å². The molecule has 0 bridgehead atoms. The minimum absolute atomic E-state index is 0.0159. The van der Waals surface area contributed by atoms with Gasteiger partial charge in [0, 0.05) is 24.1 Å². The molecule has 1 aliphatic rings. The average molecular weight is 389 g/mol. The standard InChI is InChI=1S/C19H21BrN2O2/c1-21-10-11-22(13-17(21)14-6-4-3-5-7-14)19(23)16-12-15(20)8-9-18(16)24-2/h3-9,12,17H,10-11,13H2,1-2H3. The first-order chi connectivity index (χ1) is 11.6. The summed E-state index contributed by atoms with van der Waals surface area (Å²) in [5.74, 6) is 0.626. The van der Waals surface area contributed by atoms with Gasteiger partial charge in [-0.2, -0.15) is 0 Å². The maximum absolute atomic E-state index is 13.0. The van der Waals surface area contributed by atoms with Crippen molar-refractivity contribution in [3.63, 3.8) is 0 Å². The van der Waals surface area contributed by atoms with Crippen LogP contribution in [0.15, 0.2) is 53.0 Å². The number of hydrogen-bond donors (Lipinski definition) is 0. The highest BCUT2D eigenvalue weighted by Gasteiger charge is 2.30. The van der Waals surface area contributed by atoms with Crippen LogP contribution in [0.5, 0.6) is 5.75 Å². The molecular weight excluding hydrogens is 368 g/mol. The van der Waals surface area contributed by atoms with Gasteiger partial charge in [-0.1, -0.05) is 46.3 Å². The van der Waals surface area contributed by atoms with Crippen molar-refractivity contribution < 1.29 is 9.53 Å². The summed E-state index contributed by atoms with van der Waals surface area (Å²) in [6.45, 7) is 2.24. The molecule has 1 unspecified atom stereocenters. The third-order valence-corrected chi connectivity index (χ3v) is 5.00. The van der Waals surface area contributed by atoms with Gasteiger partial charge in [-0.25, -0.2) is 0 Å². The fraction of sp³-hybridized carbons (Fsp3) is 0.316. The number of carbonyl (C=O) groups excluding carboxylic acids is 1. The van der Waals surface area contributed by atoms with E-state index in [1.807, 2.05) is 41.3 Å². The molecule has 1 saturated heterocycles. The molecule has 126 valence electrons. The second kappa shape index (κ2) is 7.36. The minimum atomic E-state index is 0.0159. The molecule has 0 saturated carbocycles. The van der Waals surface area contributed by atoms with Crippen LogP contribution in [-0.2, 0) is 0 Å². The van der Waals surface area contributed by atoms with E-state index in [0.29, 0.717) is 24.4 Å². The molecule has 2 aromatic rings. The van der Waals surface area contributed by atoms with E-state index >= 15 is 0 Å². The van der Waals surface area contributed by atoms with E-state index in [9.17, 15) is 4.79 Å². The molecule has 1 aliphatic heterocycles. The fourth-order valence-electron chi connectivity index (χ4n) is 3.11. The molecule has 3 rings (SSSR count). The number of hydrogen-bond acceptors (Lipinski definition) is 3. The maximum Gasteiger partial charge on any atom is 0.257 e. The predicted octanol–water partition coefficient (Wildman–Crippen LogP) is 3.59. The van der Waals surface area contributed by atoms with Gasteiger partial charge in [0.25, 0.3) is 5.91 Å². The van der Waals surface area contributed by atoms with Gasteiger partial charge in [0.1, 0.15) is 5.75 Å². The summed E-state index contributed by atoms with van der Waals surface area (Å²) in [6, 6.07) is 16.1. The molecule has 4 nitrogen and oxygen atoms in total. The molecule has 1 fully saturated rings. The fourth-order valence-corrected chi connectivity index (χ4v) is 3.47. The van der Waals surface area contributed by atoms with Crippen molar-refractivity contribution in [1.29, 1.82) is 0 Å². The quantitative estimate of drug-likeness (QED) is 0.805. The zero-order valence-corrected chi connectivity index (χ0v) is 15.5. The first-order valence-corrected chi connectivity index (χ1v) is 8.77. The molecule has 0 aromatic heterocycles. The largest absolute Gasteiger partial charge is 0.496 e. The van der Waals surface area contributed by atoms with Crippen LogP contribution in [0.2, 0.25) is 0 Å². The number of methoxy groups -OCH3 is 1. The van der Waals surface area contributed by atoms with E-state index in [4.69, 9.17) is 4.74 Å². The SMILES string of the molecule is COc1ccc(Br)cc1C(=O)N1CCN(C)C(c2ccccc2)C1. The van der Waals surface area contributed by atoms with Crippen molar-refractivity contribution in [2.24, 2.45) is 0 Å². The predicted molar refractivity (Wildman–Crippen MR) is 98.4 cm³/mol. The average Bonchev–Trinajstić information content (AvgIpc) is 2.62. The first kappa shape index (κ1) is 17.0. The summed E-state index contributed by atoms with van der Waals surface area (Å²) in [5, 5.41) is 0. The van der Waals surface area contributed by atoms with Crippen LogP contribution in [0.1, 0.15) is 22.0 Å². The summed E-state index contributed by atoms with van der Waals surface area (Å²) in [5.41, 5.74) is 1.84. The van der Waals surface area contributed by atoms with Gasteiger partial charge >= 0.3 is 0 Å². The zero-order chi connectivity index (χ0) is 17.1. The first-order valence-electron chi connectivity index (χ1n) is 7.98. The smallest absolute Gasteiger partial charge is 0.257 e. The zero-order valence-electron chi connectivity index (χ0n) is 13.9. The summed E-state index contributed by atoms with van der Waals surface area (Å²) in [6.07, 6.45) is 0. The Balaban J connectivity index is 1.85. The third-order valence-electron chi connectivity index (χ3n) is 4.51. The molecule has 24 heavy (non-hydrogen) atoms. The van der Waals surface area contributed by atoms with Gasteiger partial charge in [-0.15, -0.1) is 0 Å². The summed E-state index contributed by atoms with van der Waals surface area (Å²) in [7, 11) is 3.70. The Bertz CT molecular complexity index is 721. The van der Waals surface area contributed by atoms with Crippen LogP contribution < -0.4 is 4.74 Å². The molecule has 2 aromatic carbocycles. The van der Waals surface area contributed by atoms with Crippen molar-refractivity contribution in [2.75, 3.05) is 33.8 Å². The van der Waals surface area contributed by atoms with Crippen molar-refractivity contribution in [2.45, 2.75) is 6.04 Å². The van der Waals surface area contributed by atoms with Gasteiger partial charge in [-0.3, -0.25) is 9.69 Å². The number of amides is 1. The lowest BCUT2D eigenvalue weighted by Gasteiger charge is -2.39. The molecule has 0 N–H and O–H groups in total. The number of piperazine rings is 1. The van der Waals surface area contributed by atoms with Crippen LogP contribution in [0.4, 0.5) is 0 Å². The van der Waals surface area contributed by atoms with E-state index in [0.717, 1.165) is 11.0 Å². The van der Waals surface area contributed by atoms with E-state index in [-0.39, 0.29) is 11.9 Å². The van der Waals surface area contributed by atoms with Gasteiger partial charge < -0.3 is 9.64 Å². The highest BCUT2D eigenvalue weighted by molar-refractivity contribution is 9.10. The minimum Gasteiger partial charge on any atom is -0.496 e. The summed E-state index contributed by atoms with van der Waals surface area (Å²) in [4.78, 5) is 17.2. The molecule has 0 aliphatic carbocycles. The Kier molecular flexibility index (Phi) is 5.21. The Hall–Kier alpha value is -1.85. The molecule has 0 spiro atoms. The van der Waals surface area contributed by atoms with Gasteiger partial charge in [0.2, 0.25) is 0 Å². The number of carbonyl (C=O) groups is 1. The second-order valence-electron chi connectivity index (χ2n) is 6.00. The van der Waals surface area contributed by atoms with Crippen LogP contribution in [0.3, 0.4) is 0 Å². The van der Waals surface area contributed by atoms with E-state index in [1.54, 1.807) is 7.11 Å². The van der Waals surface area contributed by atoms with Crippen LogP contribution >= 0.6 is 15.9 Å². The van der Waals surface area contributed by atoms with Crippen LogP contribution in [0, 0.1) is 0 Å². The Labute approximate surface area is 151 Å². The van der Waals surface area contributed by atoms with Crippen molar-refractivity contribution >= 4 is 21.8 Å². The Morgan fingerprint density at radius 2 is 1.92 bits per heavy atom. The van der Waals surface area contributed by atoms with E-state index < -0.39 is 0 Å². The molecular formula is C19H21BrN2O2. The highest BCUT2D eigenvalue weighted by Crippen LogP contribution is 2.28. The third kappa shape index (κ3) is 3.47. The second-order valence-corrected chi connectivity index (χ2v) is 6.92. The maximum atomic E-state index is 13.0. The summed E-state index contributed by atoms with van der Waals surface area (Å²) < 4.78 is 6.24. The normalized spacial score (nSPS) is 18.5. The van der Waals surface area contributed by atoms with Gasteiger partial charge in [0.15, 0.2) is 0 Å². The monoisotopic (exact) mass is 388 g/mol. The number of rotatable bonds is 3. The Morgan fingerprint density at radius 3 is 2.62 bits per heavy atom. The van der Waals surface area contributed by atoms with Gasteiger partial charge in [0.05, 0.1) is 18.7 Å².